The molecule has 3 heterocycles. The first kappa shape index (κ1) is 16.2. The van der Waals surface area contributed by atoms with E-state index in [1.807, 2.05) is 41.3 Å². The summed E-state index contributed by atoms with van der Waals surface area (Å²) in [4.78, 5) is 16.7. The predicted octanol–water partition coefficient (Wildman–Crippen LogP) is 2.45. The lowest BCUT2D eigenvalue weighted by molar-refractivity contribution is 0.0949. The highest BCUT2D eigenvalue weighted by Crippen LogP contribution is 2.13. The molecule has 1 N–H and O–H groups in total. The maximum absolute atomic E-state index is 12.3. The summed E-state index contributed by atoms with van der Waals surface area (Å²) in [5.41, 5.74) is 5.77. The third kappa shape index (κ3) is 3.04. The lowest BCUT2D eigenvalue weighted by Gasteiger charge is -2.04. The maximum atomic E-state index is 12.3. The van der Waals surface area contributed by atoms with Crippen LogP contribution in [0.2, 0.25) is 0 Å². The van der Waals surface area contributed by atoms with Crippen molar-refractivity contribution in [2.75, 3.05) is 6.54 Å². The van der Waals surface area contributed by atoms with Crippen molar-refractivity contribution < 1.29 is 4.79 Å². The second kappa shape index (κ2) is 6.47. The molecule has 6 nitrogen and oxygen atoms in total. The first-order chi connectivity index (χ1) is 11.5. The number of nitrogens with zero attached hydrogens (tertiary/aromatic N) is 4. The summed E-state index contributed by atoms with van der Waals surface area (Å²) in [5.74, 6) is -0.144. The van der Waals surface area contributed by atoms with Gasteiger partial charge in [-0.25, -0.2) is 4.98 Å². The van der Waals surface area contributed by atoms with Crippen molar-refractivity contribution in [2.24, 2.45) is 0 Å². The number of imidazole rings is 1. The molecule has 0 bridgehead atoms. The van der Waals surface area contributed by atoms with Crippen molar-refractivity contribution in [3.63, 3.8) is 0 Å². The molecule has 0 saturated heterocycles. The highest BCUT2D eigenvalue weighted by atomic mass is 16.1. The number of hydrogen-bond acceptors (Lipinski definition) is 3. The van der Waals surface area contributed by atoms with Crippen LogP contribution in [0.15, 0.2) is 24.5 Å². The minimum atomic E-state index is -0.144. The van der Waals surface area contributed by atoms with Crippen LogP contribution in [0.4, 0.5) is 0 Å². The summed E-state index contributed by atoms with van der Waals surface area (Å²) in [7, 11) is 0. The predicted molar refractivity (Wildman–Crippen MR) is 93.3 cm³/mol. The Bertz CT molecular complexity index is 890. The fourth-order valence-corrected chi connectivity index (χ4v) is 3.01. The van der Waals surface area contributed by atoms with E-state index in [4.69, 9.17) is 0 Å². The van der Waals surface area contributed by atoms with Crippen LogP contribution in [0.25, 0.3) is 5.65 Å². The van der Waals surface area contributed by atoms with Gasteiger partial charge < -0.3 is 9.72 Å². The molecular formula is C18H23N5O. The summed E-state index contributed by atoms with van der Waals surface area (Å²) in [6, 6.07) is 3.90. The normalized spacial score (nSPS) is 11.2. The zero-order valence-corrected chi connectivity index (χ0v) is 14.6. The van der Waals surface area contributed by atoms with Gasteiger partial charge in [0.15, 0.2) is 0 Å². The molecule has 0 saturated carbocycles. The van der Waals surface area contributed by atoms with E-state index < -0.39 is 0 Å². The minimum absolute atomic E-state index is 0.144. The number of carbonyl (C=O) groups excluding carboxylic acids is 1. The molecule has 0 aliphatic rings. The van der Waals surface area contributed by atoms with Gasteiger partial charge in [-0.1, -0.05) is 6.07 Å². The monoisotopic (exact) mass is 325 g/mol. The second-order valence-corrected chi connectivity index (χ2v) is 6.07. The van der Waals surface area contributed by atoms with E-state index in [0.29, 0.717) is 12.2 Å². The van der Waals surface area contributed by atoms with E-state index in [0.717, 1.165) is 29.9 Å². The highest BCUT2D eigenvalue weighted by molar-refractivity contribution is 5.92. The molecule has 6 heteroatoms. The molecule has 126 valence electrons. The van der Waals surface area contributed by atoms with E-state index in [1.165, 1.54) is 11.3 Å². The van der Waals surface area contributed by atoms with Crippen LogP contribution < -0.4 is 5.32 Å². The number of nitrogens with one attached hydrogen (secondary N) is 1. The van der Waals surface area contributed by atoms with Crippen LogP contribution in [0.5, 0.6) is 0 Å². The Labute approximate surface area is 141 Å². The molecule has 0 atom stereocenters. The number of pyridine rings is 1. The van der Waals surface area contributed by atoms with Crippen molar-refractivity contribution in [1.29, 1.82) is 0 Å². The largest absolute Gasteiger partial charge is 0.350 e. The molecule has 0 fully saturated rings. The summed E-state index contributed by atoms with van der Waals surface area (Å²) in [6.07, 6.45) is 4.50. The molecule has 0 aromatic carbocycles. The standard InChI is InChI=1S/C18H23N5O/c1-5-23-14(4)15(13(3)21-23)8-9-19-18(24)16-11-22-10-12(2)6-7-17(22)20-16/h6-7,10-11H,5,8-9H2,1-4H3,(H,19,24). The number of amides is 1. The van der Waals surface area contributed by atoms with Crippen LogP contribution in [0.1, 0.15) is 39.9 Å². The summed E-state index contributed by atoms with van der Waals surface area (Å²) in [5, 5.41) is 7.46. The van der Waals surface area contributed by atoms with Gasteiger partial charge in [-0.3, -0.25) is 9.48 Å². The van der Waals surface area contributed by atoms with Crippen LogP contribution in [-0.2, 0) is 13.0 Å². The molecule has 3 rings (SSSR count). The van der Waals surface area contributed by atoms with E-state index >= 15 is 0 Å². The average molecular weight is 325 g/mol. The van der Waals surface area contributed by atoms with Crippen molar-refractivity contribution >= 4 is 11.6 Å². The Morgan fingerprint density at radius 1 is 1.21 bits per heavy atom. The van der Waals surface area contributed by atoms with E-state index in [2.05, 4.69) is 29.2 Å². The van der Waals surface area contributed by atoms with Crippen molar-refractivity contribution in [3.8, 4) is 0 Å². The number of fused-ring (bicyclic) bond motifs is 1. The number of aromatic nitrogens is 4. The topological polar surface area (TPSA) is 64.2 Å². The fraction of sp³-hybridized carbons (Fsp3) is 0.389. The van der Waals surface area contributed by atoms with E-state index in [1.54, 1.807) is 6.20 Å². The second-order valence-electron chi connectivity index (χ2n) is 6.07. The Balaban J connectivity index is 1.66. The zero-order chi connectivity index (χ0) is 17.3. The highest BCUT2D eigenvalue weighted by Gasteiger charge is 2.13. The lowest BCUT2D eigenvalue weighted by atomic mass is 10.1. The Morgan fingerprint density at radius 2 is 2.00 bits per heavy atom. The van der Waals surface area contributed by atoms with Gasteiger partial charge in [0.05, 0.1) is 5.69 Å². The molecule has 1 amide bonds. The van der Waals surface area contributed by atoms with Gasteiger partial charge in [0.2, 0.25) is 0 Å². The zero-order valence-electron chi connectivity index (χ0n) is 14.6. The van der Waals surface area contributed by atoms with Crippen molar-refractivity contribution in [2.45, 2.75) is 40.7 Å². The summed E-state index contributed by atoms with van der Waals surface area (Å²) in [6.45, 7) is 9.62. The smallest absolute Gasteiger partial charge is 0.271 e. The molecule has 3 aromatic heterocycles. The quantitative estimate of drug-likeness (QED) is 0.784. The SMILES string of the molecule is CCn1nc(C)c(CCNC(=O)c2cn3cc(C)ccc3n2)c1C. The molecule has 24 heavy (non-hydrogen) atoms. The minimum Gasteiger partial charge on any atom is -0.350 e. The number of aryl methyl sites for hydroxylation is 3. The first-order valence-electron chi connectivity index (χ1n) is 8.26. The van der Waals surface area contributed by atoms with Crippen LogP contribution in [0.3, 0.4) is 0 Å². The van der Waals surface area contributed by atoms with Crippen LogP contribution in [0, 0.1) is 20.8 Å². The first-order valence-corrected chi connectivity index (χ1v) is 8.26. The van der Waals surface area contributed by atoms with Crippen molar-refractivity contribution in [3.05, 3.63) is 52.7 Å². The number of hydrogen-bond donors (Lipinski definition) is 1. The molecule has 0 aliphatic heterocycles. The van der Waals surface area contributed by atoms with E-state index in [9.17, 15) is 4.79 Å². The third-order valence-electron chi connectivity index (χ3n) is 4.32. The number of rotatable bonds is 5. The fourth-order valence-electron chi connectivity index (χ4n) is 3.01. The third-order valence-corrected chi connectivity index (χ3v) is 4.32. The molecule has 3 aromatic rings. The van der Waals surface area contributed by atoms with Crippen LogP contribution >= 0.6 is 0 Å². The van der Waals surface area contributed by atoms with Gasteiger partial charge in [-0.15, -0.1) is 0 Å². The van der Waals surface area contributed by atoms with Gasteiger partial charge in [-0.05, 0) is 51.3 Å². The Hall–Kier alpha value is -2.63. The molecule has 0 spiro atoms. The maximum Gasteiger partial charge on any atom is 0.271 e. The molecule has 0 unspecified atom stereocenters. The molecular weight excluding hydrogens is 302 g/mol. The molecule has 0 radical (unpaired) electrons. The van der Waals surface area contributed by atoms with Gasteiger partial charge in [-0.2, -0.15) is 5.10 Å². The summed E-state index contributed by atoms with van der Waals surface area (Å²) >= 11 is 0. The van der Waals surface area contributed by atoms with Gasteiger partial charge in [0, 0.05) is 31.2 Å². The number of carbonyl (C=O) groups is 1. The van der Waals surface area contributed by atoms with Crippen LogP contribution in [-0.4, -0.2) is 31.6 Å². The summed E-state index contributed by atoms with van der Waals surface area (Å²) < 4.78 is 3.88. The van der Waals surface area contributed by atoms with E-state index in [-0.39, 0.29) is 5.91 Å². The van der Waals surface area contributed by atoms with Gasteiger partial charge in [0.1, 0.15) is 11.3 Å². The van der Waals surface area contributed by atoms with Crippen molar-refractivity contribution in [1.82, 2.24) is 24.5 Å². The van der Waals surface area contributed by atoms with Gasteiger partial charge >= 0.3 is 0 Å². The molecule has 0 aliphatic carbocycles. The lowest BCUT2D eigenvalue weighted by Crippen LogP contribution is -2.26. The Kier molecular flexibility index (Phi) is 4.38. The van der Waals surface area contributed by atoms with Gasteiger partial charge in [0.25, 0.3) is 5.91 Å². The average Bonchev–Trinajstić information content (AvgIpc) is 3.09. The Morgan fingerprint density at radius 3 is 2.71 bits per heavy atom.